The van der Waals surface area contributed by atoms with Crippen LogP contribution in [0.2, 0.25) is 0 Å². The van der Waals surface area contributed by atoms with Gasteiger partial charge in [-0.05, 0) is 39.2 Å². The molecule has 1 aromatic carbocycles. The lowest BCUT2D eigenvalue weighted by molar-refractivity contribution is -0.147. The smallest absolute Gasteiger partial charge is 0.328 e. The Bertz CT molecular complexity index is 864. The molecule has 0 aromatic heterocycles. The molecule has 0 fully saturated rings. The first-order chi connectivity index (χ1) is 14.7. The minimum absolute atomic E-state index is 0.0430. The topological polar surface area (TPSA) is 142 Å². The van der Waals surface area contributed by atoms with Crippen LogP contribution in [0.15, 0.2) is 30.3 Å². The van der Waals surface area contributed by atoms with Gasteiger partial charge in [0.2, 0.25) is 17.6 Å². The Balaban J connectivity index is 2.89. The third-order valence-corrected chi connectivity index (χ3v) is 5.19. The quantitative estimate of drug-likeness (QED) is 0.376. The van der Waals surface area contributed by atoms with Crippen molar-refractivity contribution in [3.8, 4) is 0 Å². The van der Waals surface area contributed by atoms with Gasteiger partial charge >= 0.3 is 5.97 Å². The van der Waals surface area contributed by atoms with Crippen molar-refractivity contribution in [3.05, 3.63) is 35.9 Å². The molecule has 0 bridgehead atoms. The lowest BCUT2D eigenvalue weighted by atomic mass is 9.94. The van der Waals surface area contributed by atoms with Crippen molar-refractivity contribution >= 4 is 29.5 Å². The molecule has 1 rings (SSSR count). The van der Waals surface area contributed by atoms with Gasteiger partial charge in [0, 0.05) is 0 Å². The summed E-state index contributed by atoms with van der Waals surface area (Å²) in [7, 11) is 0. The second-order valence-electron chi connectivity index (χ2n) is 8.92. The molecule has 9 heteroatoms. The Morgan fingerprint density at radius 1 is 0.938 bits per heavy atom. The molecule has 0 aliphatic heterocycles. The predicted molar refractivity (Wildman–Crippen MR) is 119 cm³/mol. The number of nitrogens with one attached hydrogen (secondary N) is 3. The Morgan fingerprint density at radius 2 is 1.50 bits per heavy atom. The number of carbonyl (C=O) groups is 5. The van der Waals surface area contributed by atoms with Gasteiger partial charge < -0.3 is 21.1 Å². The number of Topliss-reactive ketones (excluding diaryl/α,β-unsaturated/α-hetero) is 1. The number of carboxylic acid groups (broad SMARTS) is 1. The summed E-state index contributed by atoms with van der Waals surface area (Å²) in [5, 5.41) is 16.6. The maximum Gasteiger partial charge on any atom is 0.328 e. The van der Waals surface area contributed by atoms with E-state index in [9.17, 15) is 29.1 Å². The fraction of sp³-hybridized carbons (Fsp3) is 0.522. The maximum absolute atomic E-state index is 12.8. The van der Waals surface area contributed by atoms with Crippen LogP contribution in [0, 0.1) is 5.92 Å². The normalized spacial score (nSPS) is 13.4. The standard InChI is InChI=1S/C23H33N3O6/c1-7-14(2)17(19(29)26-23(5,6)21(31)32)24-20(30)18(28)22(3,4)25-16(27)13-15-11-9-8-10-12-15/h8-12,14,17H,7,13H2,1-6H3,(H,24,30)(H,25,27)(H,26,29)(H,31,32). The van der Waals surface area contributed by atoms with Crippen LogP contribution in [0.25, 0.3) is 0 Å². The second-order valence-corrected chi connectivity index (χ2v) is 8.92. The van der Waals surface area contributed by atoms with E-state index in [4.69, 9.17) is 0 Å². The molecular weight excluding hydrogens is 414 g/mol. The van der Waals surface area contributed by atoms with Gasteiger partial charge in [0.1, 0.15) is 17.1 Å². The van der Waals surface area contributed by atoms with Crippen LogP contribution in [0.5, 0.6) is 0 Å². The molecule has 3 amide bonds. The summed E-state index contributed by atoms with van der Waals surface area (Å²) in [5.41, 5.74) is -2.30. The number of hydrogen-bond donors (Lipinski definition) is 4. The van der Waals surface area contributed by atoms with Crippen LogP contribution in [-0.4, -0.2) is 51.7 Å². The number of rotatable bonds is 11. The molecule has 9 nitrogen and oxygen atoms in total. The summed E-state index contributed by atoms with van der Waals surface area (Å²) in [4.78, 5) is 61.8. The highest BCUT2D eigenvalue weighted by atomic mass is 16.4. The van der Waals surface area contributed by atoms with Crippen molar-refractivity contribution in [2.24, 2.45) is 5.92 Å². The average molecular weight is 448 g/mol. The van der Waals surface area contributed by atoms with Crippen LogP contribution in [0.4, 0.5) is 0 Å². The fourth-order valence-corrected chi connectivity index (χ4v) is 2.86. The molecule has 32 heavy (non-hydrogen) atoms. The first-order valence-corrected chi connectivity index (χ1v) is 10.5. The van der Waals surface area contributed by atoms with Gasteiger partial charge in [-0.1, -0.05) is 50.6 Å². The van der Waals surface area contributed by atoms with Crippen molar-refractivity contribution in [1.29, 1.82) is 0 Å². The number of carbonyl (C=O) groups excluding carboxylic acids is 4. The number of ketones is 1. The lowest BCUT2D eigenvalue weighted by Crippen LogP contribution is -2.61. The third kappa shape index (κ3) is 7.47. The van der Waals surface area contributed by atoms with Gasteiger partial charge in [-0.3, -0.25) is 19.2 Å². The van der Waals surface area contributed by atoms with Crippen molar-refractivity contribution < 1.29 is 29.1 Å². The van der Waals surface area contributed by atoms with E-state index < -0.39 is 46.6 Å². The van der Waals surface area contributed by atoms with E-state index >= 15 is 0 Å². The summed E-state index contributed by atoms with van der Waals surface area (Å²) < 4.78 is 0. The van der Waals surface area contributed by atoms with E-state index in [0.717, 1.165) is 5.56 Å². The minimum atomic E-state index is -1.55. The van der Waals surface area contributed by atoms with Gasteiger partial charge in [-0.25, -0.2) is 4.79 Å². The van der Waals surface area contributed by atoms with Crippen LogP contribution < -0.4 is 16.0 Å². The van der Waals surface area contributed by atoms with E-state index in [-0.39, 0.29) is 12.3 Å². The van der Waals surface area contributed by atoms with E-state index in [0.29, 0.717) is 6.42 Å². The molecule has 2 atom stereocenters. The third-order valence-electron chi connectivity index (χ3n) is 5.19. The van der Waals surface area contributed by atoms with E-state index in [1.807, 2.05) is 6.07 Å². The summed E-state index contributed by atoms with van der Waals surface area (Å²) in [6, 6.07) is 7.83. The lowest BCUT2D eigenvalue weighted by Gasteiger charge is -2.29. The molecule has 0 saturated heterocycles. The molecule has 176 valence electrons. The second kappa shape index (κ2) is 10.9. The number of hydrogen-bond acceptors (Lipinski definition) is 5. The van der Waals surface area contributed by atoms with Crippen LogP contribution in [0.1, 0.15) is 53.5 Å². The number of benzene rings is 1. The number of amides is 3. The van der Waals surface area contributed by atoms with E-state index in [2.05, 4.69) is 16.0 Å². The minimum Gasteiger partial charge on any atom is -0.480 e. The summed E-state index contributed by atoms with van der Waals surface area (Å²) in [5.74, 6) is -4.70. The van der Waals surface area contributed by atoms with Crippen molar-refractivity contribution in [2.75, 3.05) is 0 Å². The Hall–Kier alpha value is -3.23. The van der Waals surface area contributed by atoms with Crippen molar-refractivity contribution in [1.82, 2.24) is 16.0 Å². The van der Waals surface area contributed by atoms with E-state index in [1.165, 1.54) is 27.7 Å². The molecule has 2 unspecified atom stereocenters. The zero-order valence-corrected chi connectivity index (χ0v) is 19.4. The highest BCUT2D eigenvalue weighted by Gasteiger charge is 2.39. The highest BCUT2D eigenvalue weighted by molar-refractivity contribution is 6.40. The molecule has 0 saturated carbocycles. The first-order valence-electron chi connectivity index (χ1n) is 10.5. The molecule has 0 radical (unpaired) electrons. The van der Waals surface area contributed by atoms with Gasteiger partial charge in [0.05, 0.1) is 6.42 Å². The zero-order chi connectivity index (χ0) is 24.7. The van der Waals surface area contributed by atoms with Gasteiger partial charge in [-0.15, -0.1) is 0 Å². The molecule has 1 aromatic rings. The maximum atomic E-state index is 12.8. The molecule has 0 aliphatic carbocycles. The Morgan fingerprint density at radius 3 is 2.00 bits per heavy atom. The molecule has 0 spiro atoms. The number of aliphatic carboxylic acids is 1. The van der Waals surface area contributed by atoms with Crippen molar-refractivity contribution in [2.45, 2.75) is 71.5 Å². The largest absolute Gasteiger partial charge is 0.480 e. The van der Waals surface area contributed by atoms with Crippen LogP contribution in [-0.2, 0) is 30.4 Å². The fourth-order valence-electron chi connectivity index (χ4n) is 2.86. The molecule has 0 heterocycles. The first kappa shape index (κ1) is 26.8. The van der Waals surface area contributed by atoms with Crippen LogP contribution in [0.3, 0.4) is 0 Å². The summed E-state index contributed by atoms with van der Waals surface area (Å²) in [6.07, 6.45) is 0.540. The Labute approximate surface area is 188 Å². The Kier molecular flexibility index (Phi) is 9.11. The SMILES string of the molecule is CCC(C)C(NC(=O)C(=O)C(C)(C)NC(=O)Cc1ccccc1)C(=O)NC(C)(C)C(=O)O. The summed E-state index contributed by atoms with van der Waals surface area (Å²) in [6.45, 7) is 8.95. The zero-order valence-electron chi connectivity index (χ0n) is 19.4. The van der Waals surface area contributed by atoms with E-state index in [1.54, 1.807) is 38.1 Å². The predicted octanol–water partition coefficient (Wildman–Crippen LogP) is 1.20. The molecular formula is C23H33N3O6. The van der Waals surface area contributed by atoms with Crippen molar-refractivity contribution in [3.63, 3.8) is 0 Å². The molecule has 4 N–H and O–H groups in total. The molecule has 0 aliphatic rings. The van der Waals surface area contributed by atoms with Crippen LogP contribution >= 0.6 is 0 Å². The highest BCUT2D eigenvalue weighted by Crippen LogP contribution is 2.13. The monoisotopic (exact) mass is 447 g/mol. The van der Waals surface area contributed by atoms with Gasteiger partial charge in [0.15, 0.2) is 0 Å². The summed E-state index contributed by atoms with van der Waals surface area (Å²) >= 11 is 0. The van der Waals surface area contributed by atoms with Gasteiger partial charge in [-0.2, -0.15) is 0 Å². The average Bonchev–Trinajstić information content (AvgIpc) is 2.70. The number of carboxylic acids is 1. The van der Waals surface area contributed by atoms with Gasteiger partial charge in [0.25, 0.3) is 5.91 Å².